The van der Waals surface area contributed by atoms with Gasteiger partial charge in [-0.3, -0.25) is 10.3 Å². The SMILES string of the molecule is N=C1CN(C2CCCCC2)CCN1c1ccccc1Cl. The van der Waals surface area contributed by atoms with Crippen LogP contribution in [0.25, 0.3) is 0 Å². The molecule has 1 aromatic rings. The molecule has 1 saturated heterocycles. The van der Waals surface area contributed by atoms with Gasteiger partial charge in [-0.1, -0.05) is 43.0 Å². The fraction of sp³-hybridized carbons (Fsp3) is 0.562. The van der Waals surface area contributed by atoms with E-state index in [4.69, 9.17) is 17.0 Å². The van der Waals surface area contributed by atoms with Gasteiger partial charge in [-0.25, -0.2) is 0 Å². The average molecular weight is 292 g/mol. The highest BCUT2D eigenvalue weighted by Crippen LogP contribution is 2.29. The summed E-state index contributed by atoms with van der Waals surface area (Å²) in [6.07, 6.45) is 6.69. The van der Waals surface area contributed by atoms with E-state index >= 15 is 0 Å². The maximum absolute atomic E-state index is 8.35. The van der Waals surface area contributed by atoms with Crippen LogP contribution in [0.5, 0.6) is 0 Å². The number of rotatable bonds is 2. The van der Waals surface area contributed by atoms with Crippen LogP contribution in [0.3, 0.4) is 0 Å². The second kappa shape index (κ2) is 6.15. The molecular formula is C16H22ClN3. The van der Waals surface area contributed by atoms with Gasteiger partial charge in [-0.2, -0.15) is 0 Å². The number of piperazine rings is 1. The minimum atomic E-state index is 0.676. The molecule has 0 bridgehead atoms. The summed E-state index contributed by atoms with van der Waals surface area (Å²) in [6.45, 7) is 2.67. The van der Waals surface area contributed by atoms with Crippen molar-refractivity contribution < 1.29 is 0 Å². The van der Waals surface area contributed by atoms with Gasteiger partial charge in [0, 0.05) is 19.1 Å². The predicted octanol–water partition coefficient (Wildman–Crippen LogP) is 3.77. The summed E-state index contributed by atoms with van der Waals surface area (Å²) in [7, 11) is 0. The van der Waals surface area contributed by atoms with Crippen LogP contribution >= 0.6 is 11.6 Å². The molecule has 1 saturated carbocycles. The predicted molar refractivity (Wildman–Crippen MR) is 85.0 cm³/mol. The van der Waals surface area contributed by atoms with Gasteiger partial charge in [0.25, 0.3) is 0 Å². The van der Waals surface area contributed by atoms with Gasteiger partial charge in [0.1, 0.15) is 5.84 Å². The number of anilines is 1. The van der Waals surface area contributed by atoms with Crippen LogP contribution < -0.4 is 4.90 Å². The Morgan fingerprint density at radius 3 is 2.50 bits per heavy atom. The second-order valence-electron chi connectivity index (χ2n) is 5.81. The molecule has 3 nitrogen and oxygen atoms in total. The quantitative estimate of drug-likeness (QED) is 0.899. The number of amidine groups is 1. The summed E-state index contributed by atoms with van der Waals surface area (Å²) in [6, 6.07) is 8.53. The molecule has 2 aliphatic rings. The molecule has 1 aliphatic heterocycles. The molecule has 1 aromatic carbocycles. The first-order chi connectivity index (χ1) is 9.75. The van der Waals surface area contributed by atoms with Crippen molar-refractivity contribution in [3.05, 3.63) is 29.3 Å². The number of para-hydroxylation sites is 1. The third-order valence-corrected chi connectivity index (χ3v) is 4.84. The standard InChI is InChI=1S/C16H22ClN3/c17-14-8-4-5-9-15(14)20-11-10-19(12-16(20)18)13-6-2-1-3-7-13/h4-5,8-9,13,18H,1-3,6-7,10-12H2. The normalized spacial score (nSPS) is 22.2. The van der Waals surface area contributed by atoms with Gasteiger partial charge in [0.2, 0.25) is 0 Å². The Kier molecular flexibility index (Phi) is 4.27. The Morgan fingerprint density at radius 1 is 1.05 bits per heavy atom. The van der Waals surface area contributed by atoms with Gasteiger partial charge < -0.3 is 4.90 Å². The molecule has 1 heterocycles. The van der Waals surface area contributed by atoms with Crippen molar-refractivity contribution in [1.29, 1.82) is 5.41 Å². The first kappa shape index (κ1) is 13.9. The molecule has 4 heteroatoms. The molecule has 20 heavy (non-hydrogen) atoms. The zero-order chi connectivity index (χ0) is 13.9. The lowest BCUT2D eigenvalue weighted by Gasteiger charge is -2.41. The van der Waals surface area contributed by atoms with Crippen molar-refractivity contribution in [3.8, 4) is 0 Å². The monoisotopic (exact) mass is 291 g/mol. The first-order valence-electron chi connectivity index (χ1n) is 7.59. The molecule has 0 aromatic heterocycles. The molecule has 0 unspecified atom stereocenters. The van der Waals surface area contributed by atoms with Crippen LogP contribution in [-0.2, 0) is 0 Å². The van der Waals surface area contributed by atoms with E-state index in [0.29, 0.717) is 11.9 Å². The molecule has 0 amide bonds. The van der Waals surface area contributed by atoms with E-state index in [1.807, 2.05) is 24.3 Å². The van der Waals surface area contributed by atoms with Crippen molar-refractivity contribution >= 4 is 23.1 Å². The Hall–Kier alpha value is -1.06. The highest BCUT2D eigenvalue weighted by atomic mass is 35.5. The van der Waals surface area contributed by atoms with E-state index in [1.165, 1.54) is 32.1 Å². The maximum Gasteiger partial charge on any atom is 0.115 e. The maximum atomic E-state index is 8.35. The van der Waals surface area contributed by atoms with E-state index in [2.05, 4.69) is 9.80 Å². The number of halogens is 1. The van der Waals surface area contributed by atoms with Crippen molar-refractivity contribution in [2.75, 3.05) is 24.5 Å². The Morgan fingerprint density at radius 2 is 1.80 bits per heavy atom. The summed E-state index contributed by atoms with van der Waals surface area (Å²) < 4.78 is 0. The number of hydrogen-bond donors (Lipinski definition) is 1. The van der Waals surface area contributed by atoms with Gasteiger partial charge in [-0.05, 0) is 25.0 Å². The molecule has 2 fully saturated rings. The van der Waals surface area contributed by atoms with Crippen LogP contribution in [0.1, 0.15) is 32.1 Å². The average Bonchev–Trinajstić information content (AvgIpc) is 2.49. The van der Waals surface area contributed by atoms with E-state index in [-0.39, 0.29) is 0 Å². The zero-order valence-corrected chi connectivity index (χ0v) is 12.6. The van der Waals surface area contributed by atoms with E-state index in [0.717, 1.165) is 30.3 Å². The lowest BCUT2D eigenvalue weighted by Crippen LogP contribution is -2.53. The number of nitrogens with one attached hydrogen (secondary N) is 1. The van der Waals surface area contributed by atoms with Gasteiger partial charge in [0.15, 0.2) is 0 Å². The molecule has 108 valence electrons. The Labute approximate surface area is 126 Å². The summed E-state index contributed by atoms with van der Waals surface area (Å²) in [4.78, 5) is 4.55. The minimum Gasteiger partial charge on any atom is -0.327 e. The van der Waals surface area contributed by atoms with Crippen LogP contribution in [-0.4, -0.2) is 36.4 Å². The fourth-order valence-electron chi connectivity index (χ4n) is 3.41. The van der Waals surface area contributed by atoms with Crippen LogP contribution in [0.2, 0.25) is 5.02 Å². The van der Waals surface area contributed by atoms with E-state index in [1.54, 1.807) is 0 Å². The highest BCUT2D eigenvalue weighted by molar-refractivity contribution is 6.33. The van der Waals surface area contributed by atoms with Gasteiger partial charge in [-0.15, -0.1) is 0 Å². The smallest absolute Gasteiger partial charge is 0.115 e. The molecule has 0 radical (unpaired) electrons. The summed E-state index contributed by atoms with van der Waals surface area (Å²) in [5, 5.41) is 9.09. The van der Waals surface area contributed by atoms with Gasteiger partial charge >= 0.3 is 0 Å². The van der Waals surface area contributed by atoms with Crippen molar-refractivity contribution in [1.82, 2.24) is 4.90 Å². The van der Waals surface area contributed by atoms with Crippen molar-refractivity contribution in [2.45, 2.75) is 38.1 Å². The van der Waals surface area contributed by atoms with Crippen molar-refractivity contribution in [3.63, 3.8) is 0 Å². The fourth-order valence-corrected chi connectivity index (χ4v) is 3.65. The molecule has 3 rings (SSSR count). The van der Waals surface area contributed by atoms with E-state index < -0.39 is 0 Å². The van der Waals surface area contributed by atoms with Crippen LogP contribution in [0.4, 0.5) is 5.69 Å². The van der Waals surface area contributed by atoms with E-state index in [9.17, 15) is 0 Å². The third kappa shape index (κ3) is 2.84. The van der Waals surface area contributed by atoms with Crippen molar-refractivity contribution in [2.24, 2.45) is 0 Å². The summed E-state index contributed by atoms with van der Waals surface area (Å²) in [5.41, 5.74) is 0.975. The molecule has 1 aliphatic carbocycles. The molecular weight excluding hydrogens is 270 g/mol. The minimum absolute atomic E-state index is 0.676. The largest absolute Gasteiger partial charge is 0.327 e. The lowest BCUT2D eigenvalue weighted by atomic mass is 9.93. The molecule has 0 atom stereocenters. The number of benzene rings is 1. The molecule has 0 spiro atoms. The Balaban J connectivity index is 1.68. The third-order valence-electron chi connectivity index (χ3n) is 4.52. The summed E-state index contributed by atoms with van der Waals surface area (Å²) >= 11 is 6.26. The van der Waals surface area contributed by atoms with Crippen LogP contribution in [0, 0.1) is 5.41 Å². The topological polar surface area (TPSA) is 30.3 Å². The lowest BCUT2D eigenvalue weighted by molar-refractivity contribution is 0.174. The summed E-state index contributed by atoms with van der Waals surface area (Å²) in [5.74, 6) is 0.676. The first-order valence-corrected chi connectivity index (χ1v) is 7.97. The highest BCUT2D eigenvalue weighted by Gasteiger charge is 2.28. The van der Waals surface area contributed by atoms with Gasteiger partial charge in [0.05, 0.1) is 17.3 Å². The Bertz CT molecular complexity index is 482. The zero-order valence-electron chi connectivity index (χ0n) is 11.8. The number of hydrogen-bond acceptors (Lipinski definition) is 2. The second-order valence-corrected chi connectivity index (χ2v) is 6.22. The number of nitrogens with zero attached hydrogens (tertiary/aromatic N) is 2. The molecule has 1 N–H and O–H groups in total. The van der Waals surface area contributed by atoms with Crippen LogP contribution in [0.15, 0.2) is 24.3 Å².